The van der Waals surface area contributed by atoms with Crippen LogP contribution in [0.15, 0.2) is 28.6 Å². The molecule has 0 unspecified atom stereocenters. The van der Waals surface area contributed by atoms with E-state index >= 15 is 0 Å². The Morgan fingerprint density at radius 3 is 2.94 bits per heavy atom. The molecule has 2 heterocycles. The molecule has 0 aliphatic heterocycles. The lowest BCUT2D eigenvalue weighted by atomic mass is 10.2. The van der Waals surface area contributed by atoms with Crippen molar-refractivity contribution in [2.24, 2.45) is 5.73 Å². The highest BCUT2D eigenvalue weighted by molar-refractivity contribution is 7.99. The van der Waals surface area contributed by atoms with Gasteiger partial charge in [-0.05, 0) is 30.8 Å². The summed E-state index contributed by atoms with van der Waals surface area (Å²) in [5, 5.41) is 15.3. The third-order valence-corrected chi connectivity index (χ3v) is 2.64. The number of H-pyrrole nitrogens is 1. The molecule has 0 bridgehead atoms. The summed E-state index contributed by atoms with van der Waals surface area (Å²) in [5.41, 5.74) is 6.91. The van der Waals surface area contributed by atoms with Gasteiger partial charge in [-0.25, -0.2) is 9.97 Å². The lowest BCUT2D eigenvalue weighted by molar-refractivity contribution is 0.963. The number of nitrogen functional groups attached to an aromatic ring is 1. The van der Waals surface area contributed by atoms with E-state index in [1.807, 2.05) is 6.92 Å². The largest absolute Gasteiger partial charge is 0.384 e. The zero-order chi connectivity index (χ0) is 11.5. The second kappa shape index (κ2) is 4.31. The summed E-state index contributed by atoms with van der Waals surface area (Å²) >= 11 is 1.35. The molecule has 6 nitrogen and oxygen atoms in total. The Morgan fingerprint density at radius 2 is 2.31 bits per heavy atom. The molecule has 16 heavy (non-hydrogen) atoms. The van der Waals surface area contributed by atoms with E-state index in [0.29, 0.717) is 10.7 Å². The molecule has 0 fully saturated rings. The summed E-state index contributed by atoms with van der Waals surface area (Å²) in [5.74, 6) is 0.0323. The molecule has 2 aromatic rings. The van der Waals surface area contributed by atoms with Crippen LogP contribution >= 0.6 is 11.8 Å². The Kier molecular flexibility index (Phi) is 2.86. The Hall–Kier alpha value is -1.89. The number of nitrogens with two attached hydrogens (primary N) is 1. The van der Waals surface area contributed by atoms with Gasteiger partial charge in [-0.3, -0.25) is 10.5 Å². The number of aryl methyl sites for hydroxylation is 1. The first-order chi connectivity index (χ1) is 7.65. The van der Waals surface area contributed by atoms with Gasteiger partial charge in [-0.2, -0.15) is 5.10 Å². The van der Waals surface area contributed by atoms with Crippen molar-refractivity contribution in [2.45, 2.75) is 17.1 Å². The molecule has 0 aliphatic rings. The van der Waals surface area contributed by atoms with Crippen LogP contribution in [0.25, 0.3) is 0 Å². The van der Waals surface area contributed by atoms with Gasteiger partial charge in [-0.15, -0.1) is 0 Å². The highest BCUT2D eigenvalue weighted by Crippen LogP contribution is 2.23. The Labute approximate surface area is 96.2 Å². The molecular weight excluding hydrogens is 224 g/mol. The fraction of sp³-hybridized carbons (Fsp3) is 0.111. The SMILES string of the molecule is Cc1cc(C(=N)N)cc(Sc2ncn[nH]2)n1. The van der Waals surface area contributed by atoms with E-state index in [0.717, 1.165) is 10.7 Å². The number of nitrogens with zero attached hydrogens (tertiary/aromatic N) is 3. The summed E-state index contributed by atoms with van der Waals surface area (Å²) < 4.78 is 0. The van der Waals surface area contributed by atoms with Gasteiger partial charge in [0.2, 0.25) is 0 Å². The van der Waals surface area contributed by atoms with E-state index in [2.05, 4.69) is 20.2 Å². The van der Waals surface area contributed by atoms with Crippen molar-refractivity contribution in [2.75, 3.05) is 0 Å². The molecular formula is C9H10N6S. The Bertz CT molecular complexity index is 507. The Balaban J connectivity index is 2.31. The maximum absolute atomic E-state index is 7.38. The molecule has 0 spiro atoms. The van der Waals surface area contributed by atoms with Crippen LogP contribution in [-0.4, -0.2) is 26.0 Å². The smallest absolute Gasteiger partial charge is 0.189 e. The van der Waals surface area contributed by atoms with E-state index in [4.69, 9.17) is 11.1 Å². The lowest BCUT2D eigenvalue weighted by Gasteiger charge is -2.03. The fourth-order valence-electron chi connectivity index (χ4n) is 1.19. The maximum atomic E-state index is 7.38. The van der Waals surface area contributed by atoms with Gasteiger partial charge < -0.3 is 5.73 Å². The predicted octanol–water partition coefficient (Wildman–Crippen LogP) is 0.943. The Morgan fingerprint density at radius 1 is 1.50 bits per heavy atom. The van der Waals surface area contributed by atoms with Crippen molar-refractivity contribution in [1.29, 1.82) is 5.41 Å². The van der Waals surface area contributed by atoms with Crippen molar-refractivity contribution in [3.8, 4) is 0 Å². The number of hydrogen-bond donors (Lipinski definition) is 3. The molecule has 0 radical (unpaired) electrons. The van der Waals surface area contributed by atoms with Gasteiger partial charge in [0.1, 0.15) is 17.2 Å². The van der Waals surface area contributed by atoms with E-state index in [1.165, 1.54) is 18.1 Å². The number of pyridine rings is 1. The number of rotatable bonds is 3. The first kappa shape index (κ1) is 10.6. The molecule has 0 atom stereocenters. The van der Waals surface area contributed by atoms with Crippen LogP contribution in [0.5, 0.6) is 0 Å². The standard InChI is InChI=1S/C9H10N6S/c1-5-2-6(8(10)11)3-7(14-5)16-9-12-4-13-15-9/h2-4H,1H3,(H3,10,11)(H,12,13,15). The third kappa shape index (κ3) is 2.37. The van der Waals surface area contributed by atoms with Gasteiger partial charge >= 0.3 is 0 Å². The highest BCUT2D eigenvalue weighted by Gasteiger charge is 2.05. The molecule has 2 rings (SSSR count). The summed E-state index contributed by atoms with van der Waals surface area (Å²) in [7, 11) is 0. The summed E-state index contributed by atoms with van der Waals surface area (Å²) in [6, 6.07) is 3.52. The van der Waals surface area contributed by atoms with Crippen LogP contribution in [-0.2, 0) is 0 Å². The molecule has 0 saturated heterocycles. The molecule has 0 amide bonds. The molecule has 0 aliphatic carbocycles. The van der Waals surface area contributed by atoms with Gasteiger partial charge in [0.15, 0.2) is 5.16 Å². The average Bonchev–Trinajstić information content (AvgIpc) is 2.69. The molecule has 0 saturated carbocycles. The van der Waals surface area contributed by atoms with Crippen molar-refractivity contribution >= 4 is 17.6 Å². The van der Waals surface area contributed by atoms with Crippen LogP contribution in [0.1, 0.15) is 11.3 Å². The summed E-state index contributed by atoms with van der Waals surface area (Å²) in [6.07, 6.45) is 1.43. The van der Waals surface area contributed by atoms with Crippen molar-refractivity contribution < 1.29 is 0 Å². The number of aromatic nitrogens is 4. The predicted molar refractivity (Wildman–Crippen MR) is 60.5 cm³/mol. The third-order valence-electron chi connectivity index (χ3n) is 1.84. The zero-order valence-corrected chi connectivity index (χ0v) is 9.38. The fourth-order valence-corrected chi connectivity index (χ4v) is 1.96. The second-order valence-corrected chi connectivity index (χ2v) is 4.15. The lowest BCUT2D eigenvalue weighted by Crippen LogP contribution is -2.11. The topological polar surface area (TPSA) is 104 Å². The minimum atomic E-state index is 0.0323. The maximum Gasteiger partial charge on any atom is 0.189 e. The monoisotopic (exact) mass is 234 g/mol. The minimum absolute atomic E-state index is 0.0323. The molecule has 4 N–H and O–H groups in total. The average molecular weight is 234 g/mol. The normalized spacial score (nSPS) is 10.3. The van der Waals surface area contributed by atoms with Gasteiger partial charge in [0.25, 0.3) is 0 Å². The second-order valence-electron chi connectivity index (χ2n) is 3.14. The first-order valence-electron chi connectivity index (χ1n) is 4.51. The van der Waals surface area contributed by atoms with Crippen LogP contribution < -0.4 is 5.73 Å². The minimum Gasteiger partial charge on any atom is -0.384 e. The van der Waals surface area contributed by atoms with E-state index < -0.39 is 0 Å². The van der Waals surface area contributed by atoms with Crippen LogP contribution in [0.2, 0.25) is 0 Å². The van der Waals surface area contributed by atoms with Crippen LogP contribution in [0.3, 0.4) is 0 Å². The number of amidine groups is 1. The first-order valence-corrected chi connectivity index (χ1v) is 5.33. The number of nitrogens with one attached hydrogen (secondary N) is 2. The molecule has 0 aromatic carbocycles. The molecule has 7 heteroatoms. The van der Waals surface area contributed by atoms with E-state index in [-0.39, 0.29) is 5.84 Å². The van der Waals surface area contributed by atoms with Crippen LogP contribution in [0.4, 0.5) is 0 Å². The molecule has 82 valence electrons. The van der Waals surface area contributed by atoms with Crippen molar-refractivity contribution in [3.63, 3.8) is 0 Å². The van der Waals surface area contributed by atoms with Crippen molar-refractivity contribution in [1.82, 2.24) is 20.2 Å². The van der Waals surface area contributed by atoms with Gasteiger partial charge in [-0.1, -0.05) is 0 Å². The summed E-state index contributed by atoms with van der Waals surface area (Å²) in [4.78, 5) is 8.30. The zero-order valence-electron chi connectivity index (χ0n) is 8.56. The highest BCUT2D eigenvalue weighted by atomic mass is 32.2. The molecule has 2 aromatic heterocycles. The van der Waals surface area contributed by atoms with E-state index in [9.17, 15) is 0 Å². The van der Waals surface area contributed by atoms with Crippen molar-refractivity contribution in [3.05, 3.63) is 29.7 Å². The summed E-state index contributed by atoms with van der Waals surface area (Å²) in [6.45, 7) is 1.86. The van der Waals surface area contributed by atoms with E-state index in [1.54, 1.807) is 12.1 Å². The van der Waals surface area contributed by atoms with Gasteiger partial charge in [0, 0.05) is 11.3 Å². The van der Waals surface area contributed by atoms with Gasteiger partial charge in [0.05, 0.1) is 0 Å². The quantitative estimate of drug-likeness (QED) is 0.541. The number of aromatic amines is 1. The number of hydrogen-bond acceptors (Lipinski definition) is 5. The van der Waals surface area contributed by atoms with Crippen LogP contribution in [0, 0.1) is 12.3 Å².